The zero-order valence-electron chi connectivity index (χ0n) is 4.68. The van der Waals surface area contributed by atoms with E-state index in [0.29, 0.717) is 5.57 Å². The third kappa shape index (κ3) is 1.56. The van der Waals surface area contributed by atoms with Gasteiger partial charge in [-0.25, -0.2) is 0 Å². The molecule has 0 saturated heterocycles. The minimum atomic E-state index is -0.167. The minimum Gasteiger partial charge on any atom is -0.289 e. The maximum Gasteiger partial charge on any atom is 0.184 e. The van der Waals surface area contributed by atoms with Crippen molar-refractivity contribution >= 4 is 5.78 Å². The van der Waals surface area contributed by atoms with Gasteiger partial charge in [0.2, 0.25) is 0 Å². The maximum absolute atomic E-state index is 10.5. The van der Waals surface area contributed by atoms with Gasteiger partial charge in [-0.1, -0.05) is 25.8 Å². The molecule has 0 aliphatic heterocycles. The van der Waals surface area contributed by atoms with Crippen molar-refractivity contribution in [1.29, 1.82) is 0 Å². The Labute approximate surface area is 49.0 Å². The van der Waals surface area contributed by atoms with Crippen molar-refractivity contribution in [2.24, 2.45) is 0 Å². The van der Waals surface area contributed by atoms with Crippen LogP contribution < -0.4 is 0 Å². The van der Waals surface area contributed by atoms with Gasteiger partial charge in [-0.3, -0.25) is 4.79 Å². The van der Waals surface area contributed by atoms with E-state index in [-0.39, 0.29) is 5.78 Å². The smallest absolute Gasteiger partial charge is 0.184 e. The van der Waals surface area contributed by atoms with E-state index in [9.17, 15) is 4.79 Å². The third-order valence-electron chi connectivity index (χ3n) is 0.748. The van der Waals surface area contributed by atoms with E-state index < -0.39 is 0 Å². The highest BCUT2D eigenvalue weighted by molar-refractivity contribution is 6.05. The van der Waals surface area contributed by atoms with Gasteiger partial charge >= 0.3 is 0 Å². The van der Waals surface area contributed by atoms with Gasteiger partial charge in [0, 0.05) is 5.57 Å². The van der Waals surface area contributed by atoms with Crippen molar-refractivity contribution in [2.75, 3.05) is 0 Å². The summed E-state index contributed by atoms with van der Waals surface area (Å²) in [5, 5.41) is 0. The molecule has 0 aliphatic rings. The van der Waals surface area contributed by atoms with Crippen molar-refractivity contribution < 1.29 is 4.79 Å². The molecule has 0 bridgehead atoms. The van der Waals surface area contributed by atoms with Crippen LogP contribution in [0.3, 0.4) is 0 Å². The van der Waals surface area contributed by atoms with Crippen molar-refractivity contribution in [3.8, 4) is 0 Å². The van der Waals surface area contributed by atoms with E-state index in [4.69, 9.17) is 0 Å². The quantitative estimate of drug-likeness (QED) is 0.395. The molecule has 0 spiro atoms. The molecule has 0 aromatic heterocycles. The van der Waals surface area contributed by atoms with Crippen LogP contribution >= 0.6 is 0 Å². The normalized spacial score (nSPS) is 7.50. The van der Waals surface area contributed by atoms with Crippen molar-refractivity contribution in [3.05, 3.63) is 37.5 Å². The summed E-state index contributed by atoms with van der Waals surface area (Å²) in [5.41, 5.74) is 0.389. The zero-order chi connectivity index (χ0) is 6.57. The third-order valence-corrected chi connectivity index (χ3v) is 0.748. The fraction of sp³-hybridized carbons (Fsp3) is 0. The molecular formula is C7H8O. The van der Waals surface area contributed by atoms with E-state index in [2.05, 4.69) is 19.7 Å². The number of ketones is 1. The minimum absolute atomic E-state index is 0.167. The molecule has 0 saturated carbocycles. The van der Waals surface area contributed by atoms with E-state index >= 15 is 0 Å². The summed E-state index contributed by atoms with van der Waals surface area (Å²) in [6, 6.07) is 0. The molecule has 0 N–H and O–H groups in total. The molecule has 0 unspecified atom stereocenters. The number of carbonyl (C=O) groups is 1. The fourth-order valence-corrected chi connectivity index (χ4v) is 0.232. The van der Waals surface area contributed by atoms with Gasteiger partial charge < -0.3 is 0 Å². The Morgan fingerprint density at radius 2 is 1.75 bits per heavy atom. The molecule has 0 aromatic carbocycles. The number of hydrogen-bond donors (Lipinski definition) is 0. The van der Waals surface area contributed by atoms with Crippen LogP contribution in [-0.4, -0.2) is 5.78 Å². The highest BCUT2D eigenvalue weighted by Crippen LogP contribution is 1.91. The number of rotatable bonds is 3. The molecular weight excluding hydrogens is 100 g/mol. The second-order valence-electron chi connectivity index (χ2n) is 1.30. The Balaban J connectivity index is 4.02. The largest absolute Gasteiger partial charge is 0.289 e. The second kappa shape index (κ2) is 2.97. The molecule has 0 amide bonds. The standard InChI is InChI=1S/C7H8O/c1-4-6(3)7(8)5-2/h4-5H,1-3H2. The van der Waals surface area contributed by atoms with Gasteiger partial charge in [0.15, 0.2) is 5.78 Å². The SMILES string of the molecule is C=CC(=C)C(=O)C=C. The number of carbonyl (C=O) groups excluding carboxylic acids is 1. The van der Waals surface area contributed by atoms with Crippen molar-refractivity contribution in [3.63, 3.8) is 0 Å². The lowest BCUT2D eigenvalue weighted by molar-refractivity contribution is -0.111. The van der Waals surface area contributed by atoms with Gasteiger partial charge in [0.05, 0.1) is 0 Å². The average Bonchev–Trinajstić information content (AvgIpc) is 1.84. The molecule has 0 aliphatic carbocycles. The van der Waals surface area contributed by atoms with Gasteiger partial charge in [-0.15, -0.1) is 0 Å². The Hall–Kier alpha value is -1.11. The van der Waals surface area contributed by atoms with Crippen LogP contribution in [0, 0.1) is 0 Å². The summed E-state index contributed by atoms with van der Waals surface area (Å²) in [7, 11) is 0. The molecule has 8 heavy (non-hydrogen) atoms. The molecule has 1 heteroatoms. The predicted octanol–water partition coefficient (Wildman–Crippen LogP) is 1.48. The fourth-order valence-electron chi connectivity index (χ4n) is 0.232. The molecule has 0 rings (SSSR count). The lowest BCUT2D eigenvalue weighted by Gasteiger charge is -1.86. The van der Waals surface area contributed by atoms with E-state index in [1.807, 2.05) is 0 Å². The van der Waals surface area contributed by atoms with Gasteiger partial charge in [0.1, 0.15) is 0 Å². The van der Waals surface area contributed by atoms with Crippen LogP contribution in [0.4, 0.5) is 0 Å². The molecule has 0 atom stereocenters. The molecule has 42 valence electrons. The van der Waals surface area contributed by atoms with E-state index in [0.717, 1.165) is 0 Å². The topological polar surface area (TPSA) is 17.1 Å². The predicted molar refractivity (Wildman–Crippen MR) is 34.5 cm³/mol. The van der Waals surface area contributed by atoms with Crippen LogP contribution in [0.5, 0.6) is 0 Å². The van der Waals surface area contributed by atoms with Crippen LogP contribution in [0.25, 0.3) is 0 Å². The summed E-state index contributed by atoms with van der Waals surface area (Å²) in [5.74, 6) is -0.167. The zero-order valence-corrected chi connectivity index (χ0v) is 4.68. The van der Waals surface area contributed by atoms with E-state index in [1.165, 1.54) is 12.2 Å². The number of allylic oxidation sites excluding steroid dienone is 3. The van der Waals surface area contributed by atoms with E-state index in [1.54, 1.807) is 0 Å². The molecule has 0 aromatic rings. The molecule has 0 heterocycles. The van der Waals surface area contributed by atoms with Crippen molar-refractivity contribution in [1.82, 2.24) is 0 Å². The Bertz CT molecular complexity index is 124. The summed E-state index contributed by atoms with van der Waals surface area (Å²) >= 11 is 0. The van der Waals surface area contributed by atoms with Crippen LogP contribution in [-0.2, 0) is 4.79 Å². The van der Waals surface area contributed by atoms with Crippen molar-refractivity contribution in [2.45, 2.75) is 0 Å². The lowest BCUT2D eigenvalue weighted by atomic mass is 10.2. The summed E-state index contributed by atoms with van der Waals surface area (Å²) in [4.78, 5) is 10.5. The summed E-state index contributed by atoms with van der Waals surface area (Å²) in [6.45, 7) is 10.0. The maximum atomic E-state index is 10.5. The number of hydrogen-bond acceptors (Lipinski definition) is 1. The second-order valence-corrected chi connectivity index (χ2v) is 1.30. The molecule has 0 fully saturated rings. The van der Waals surface area contributed by atoms with Crippen LogP contribution in [0.2, 0.25) is 0 Å². The Morgan fingerprint density at radius 3 is 1.88 bits per heavy atom. The summed E-state index contributed by atoms with van der Waals surface area (Å²) < 4.78 is 0. The molecule has 0 radical (unpaired) electrons. The average molecular weight is 108 g/mol. The Kier molecular flexibility index (Phi) is 2.56. The first-order valence-corrected chi connectivity index (χ1v) is 2.20. The highest BCUT2D eigenvalue weighted by Gasteiger charge is 1.93. The monoisotopic (exact) mass is 108 g/mol. The van der Waals surface area contributed by atoms with Gasteiger partial charge in [-0.05, 0) is 6.08 Å². The Morgan fingerprint density at radius 1 is 1.25 bits per heavy atom. The lowest BCUT2D eigenvalue weighted by Crippen LogP contribution is -1.90. The molecule has 1 nitrogen and oxygen atoms in total. The first-order valence-electron chi connectivity index (χ1n) is 2.20. The van der Waals surface area contributed by atoms with Gasteiger partial charge in [0.25, 0.3) is 0 Å². The van der Waals surface area contributed by atoms with Gasteiger partial charge in [-0.2, -0.15) is 0 Å². The van der Waals surface area contributed by atoms with Crippen LogP contribution in [0.15, 0.2) is 37.5 Å². The van der Waals surface area contributed by atoms with Crippen LogP contribution in [0.1, 0.15) is 0 Å². The first kappa shape index (κ1) is 6.89. The highest BCUT2D eigenvalue weighted by atomic mass is 16.1. The summed E-state index contributed by atoms with van der Waals surface area (Å²) in [6.07, 6.45) is 2.62. The first-order chi connectivity index (χ1) is 3.72.